The summed E-state index contributed by atoms with van der Waals surface area (Å²) in [5, 5.41) is 16.9. The van der Waals surface area contributed by atoms with E-state index in [4.69, 9.17) is 11.5 Å². The topological polar surface area (TPSA) is 111 Å². The summed E-state index contributed by atoms with van der Waals surface area (Å²) in [6, 6.07) is 6.29. The molecule has 1 aromatic rings. The maximum absolute atomic E-state index is 12.3. The van der Waals surface area contributed by atoms with Crippen molar-refractivity contribution in [3.8, 4) is 12.3 Å². The Bertz CT molecular complexity index is 707. The summed E-state index contributed by atoms with van der Waals surface area (Å²) < 4.78 is 0. The quantitative estimate of drug-likeness (QED) is 0.486. The summed E-state index contributed by atoms with van der Waals surface area (Å²) in [6.07, 6.45) is 4.81. The molecule has 2 rings (SSSR count). The van der Waals surface area contributed by atoms with Crippen LogP contribution < -0.4 is 20.9 Å². The zero-order valence-corrected chi connectivity index (χ0v) is 14.3. The van der Waals surface area contributed by atoms with Gasteiger partial charge in [-0.2, -0.15) is 0 Å². The summed E-state index contributed by atoms with van der Waals surface area (Å²) in [7, 11) is 0. The van der Waals surface area contributed by atoms with Crippen LogP contribution in [-0.4, -0.2) is 61.7 Å². The Morgan fingerprint density at radius 1 is 1.31 bits per heavy atom. The molecule has 1 unspecified atom stereocenters. The number of terminal acetylenes is 1. The van der Waals surface area contributed by atoms with E-state index in [0.29, 0.717) is 5.56 Å². The number of anilines is 1. The highest BCUT2D eigenvalue weighted by atomic mass is 16.4. The van der Waals surface area contributed by atoms with Crippen LogP contribution in [-0.2, 0) is 9.59 Å². The molecule has 0 aromatic heterocycles. The van der Waals surface area contributed by atoms with Crippen LogP contribution >= 0.6 is 0 Å². The third-order valence-corrected chi connectivity index (χ3v) is 3.92. The fraction of sp³-hybridized carbons (Fsp3) is 0.389. The average Bonchev–Trinajstić information content (AvgIpc) is 2.66. The van der Waals surface area contributed by atoms with Crippen molar-refractivity contribution in [1.82, 2.24) is 16.0 Å². The summed E-state index contributed by atoms with van der Waals surface area (Å²) in [4.78, 5) is 36.9. The van der Waals surface area contributed by atoms with Gasteiger partial charge in [0.25, 0.3) is 5.91 Å². The zero-order valence-electron chi connectivity index (χ0n) is 14.3. The number of carboxylic acids is 1. The average molecular weight is 358 g/mol. The van der Waals surface area contributed by atoms with Crippen LogP contribution in [0.2, 0.25) is 0 Å². The lowest BCUT2D eigenvalue weighted by Crippen LogP contribution is -2.43. The number of nitrogens with zero attached hydrogens (tertiary/aromatic N) is 1. The second-order valence-corrected chi connectivity index (χ2v) is 5.85. The van der Waals surface area contributed by atoms with Crippen LogP contribution in [0, 0.1) is 12.3 Å². The monoisotopic (exact) mass is 358 g/mol. The highest BCUT2D eigenvalue weighted by Crippen LogP contribution is 2.16. The molecule has 0 radical (unpaired) electrons. The van der Waals surface area contributed by atoms with Crippen LogP contribution in [0.5, 0.6) is 0 Å². The first kappa shape index (κ1) is 19.3. The fourth-order valence-corrected chi connectivity index (χ4v) is 2.60. The van der Waals surface area contributed by atoms with E-state index in [2.05, 4.69) is 26.8 Å². The van der Waals surface area contributed by atoms with Crippen molar-refractivity contribution in [1.29, 1.82) is 0 Å². The molecule has 1 aliphatic rings. The Balaban J connectivity index is 1.88. The minimum atomic E-state index is -1.11. The Morgan fingerprint density at radius 2 is 2.04 bits per heavy atom. The lowest BCUT2D eigenvalue weighted by atomic mass is 10.1. The molecule has 0 spiro atoms. The van der Waals surface area contributed by atoms with Crippen molar-refractivity contribution in [2.24, 2.45) is 0 Å². The SMILES string of the molecule is C#CC(CC(=O)O)NC(=O)CNC(=O)c1cccc(N2CCNCC2)c1. The van der Waals surface area contributed by atoms with Crippen LogP contribution in [0.15, 0.2) is 24.3 Å². The van der Waals surface area contributed by atoms with Crippen molar-refractivity contribution < 1.29 is 19.5 Å². The molecule has 8 heteroatoms. The van der Waals surface area contributed by atoms with Gasteiger partial charge in [-0.05, 0) is 18.2 Å². The number of nitrogens with one attached hydrogen (secondary N) is 3. The van der Waals surface area contributed by atoms with E-state index in [1.54, 1.807) is 18.2 Å². The maximum Gasteiger partial charge on any atom is 0.306 e. The van der Waals surface area contributed by atoms with Gasteiger partial charge in [-0.3, -0.25) is 14.4 Å². The fourth-order valence-electron chi connectivity index (χ4n) is 2.60. The molecule has 26 heavy (non-hydrogen) atoms. The van der Waals surface area contributed by atoms with Gasteiger partial charge in [-0.25, -0.2) is 0 Å². The number of rotatable bonds is 7. The van der Waals surface area contributed by atoms with Gasteiger partial charge in [0.2, 0.25) is 5.91 Å². The highest BCUT2D eigenvalue weighted by Gasteiger charge is 2.16. The van der Waals surface area contributed by atoms with Crippen molar-refractivity contribution in [3.05, 3.63) is 29.8 Å². The molecule has 1 aliphatic heterocycles. The van der Waals surface area contributed by atoms with Crippen LogP contribution in [0.3, 0.4) is 0 Å². The number of piperazine rings is 1. The van der Waals surface area contributed by atoms with Gasteiger partial charge in [-0.15, -0.1) is 6.42 Å². The van der Waals surface area contributed by atoms with E-state index >= 15 is 0 Å². The number of benzene rings is 1. The highest BCUT2D eigenvalue weighted by molar-refractivity contribution is 5.97. The molecule has 1 fully saturated rings. The van der Waals surface area contributed by atoms with E-state index in [-0.39, 0.29) is 18.9 Å². The predicted molar refractivity (Wildman–Crippen MR) is 96.9 cm³/mol. The number of carbonyl (C=O) groups is 3. The number of aliphatic carboxylic acids is 1. The van der Waals surface area contributed by atoms with E-state index in [1.807, 2.05) is 6.07 Å². The third-order valence-electron chi connectivity index (χ3n) is 3.92. The van der Waals surface area contributed by atoms with Gasteiger partial charge in [0.05, 0.1) is 13.0 Å². The molecule has 1 atom stereocenters. The molecule has 0 aliphatic carbocycles. The minimum absolute atomic E-state index is 0.283. The van der Waals surface area contributed by atoms with E-state index in [9.17, 15) is 14.4 Å². The molecule has 4 N–H and O–H groups in total. The summed E-state index contributed by atoms with van der Waals surface area (Å²) >= 11 is 0. The van der Waals surface area contributed by atoms with E-state index < -0.39 is 17.9 Å². The van der Waals surface area contributed by atoms with Gasteiger partial charge in [0, 0.05) is 37.4 Å². The molecule has 0 bridgehead atoms. The smallest absolute Gasteiger partial charge is 0.306 e. The Kier molecular flexibility index (Phi) is 7.00. The largest absolute Gasteiger partial charge is 0.481 e. The van der Waals surface area contributed by atoms with Gasteiger partial charge < -0.3 is 26.0 Å². The normalized spacial score (nSPS) is 14.8. The first-order chi connectivity index (χ1) is 12.5. The molecular formula is C18H22N4O4. The predicted octanol–water partition coefficient (Wildman–Crippen LogP) is -0.581. The van der Waals surface area contributed by atoms with Crippen molar-refractivity contribution in [3.63, 3.8) is 0 Å². The number of carbonyl (C=O) groups excluding carboxylic acids is 2. The van der Waals surface area contributed by atoms with E-state index in [1.165, 1.54) is 0 Å². The van der Waals surface area contributed by atoms with Crippen molar-refractivity contribution in [2.75, 3.05) is 37.6 Å². The van der Waals surface area contributed by atoms with Crippen molar-refractivity contribution >= 4 is 23.5 Å². The van der Waals surface area contributed by atoms with Gasteiger partial charge in [0.15, 0.2) is 0 Å². The molecule has 2 amide bonds. The second kappa shape index (κ2) is 9.44. The van der Waals surface area contributed by atoms with E-state index in [0.717, 1.165) is 31.9 Å². The standard InChI is InChI=1S/C18H22N4O4/c1-2-14(11-17(24)25)21-16(23)12-20-18(26)13-4-3-5-15(10-13)22-8-6-19-7-9-22/h1,3-5,10,14,19H,6-9,11-12H2,(H,20,26)(H,21,23)(H,24,25). The molecule has 1 aromatic carbocycles. The molecule has 1 heterocycles. The Hall–Kier alpha value is -3.05. The zero-order chi connectivity index (χ0) is 18.9. The first-order valence-corrected chi connectivity index (χ1v) is 8.31. The Labute approximate surface area is 151 Å². The summed E-state index contributed by atoms with van der Waals surface area (Å²) in [5.74, 6) is 0.159. The number of hydrogen-bond donors (Lipinski definition) is 4. The second-order valence-electron chi connectivity index (χ2n) is 5.85. The van der Waals surface area contributed by atoms with Crippen LogP contribution in [0.1, 0.15) is 16.8 Å². The molecular weight excluding hydrogens is 336 g/mol. The Morgan fingerprint density at radius 3 is 2.69 bits per heavy atom. The minimum Gasteiger partial charge on any atom is -0.481 e. The van der Waals surface area contributed by atoms with Gasteiger partial charge in [-0.1, -0.05) is 12.0 Å². The number of hydrogen-bond acceptors (Lipinski definition) is 5. The summed E-state index contributed by atoms with van der Waals surface area (Å²) in [5.41, 5.74) is 1.41. The number of carboxylic acid groups (broad SMARTS) is 1. The third kappa shape index (κ3) is 5.79. The van der Waals surface area contributed by atoms with Crippen LogP contribution in [0.4, 0.5) is 5.69 Å². The summed E-state index contributed by atoms with van der Waals surface area (Å²) in [6.45, 7) is 3.23. The molecule has 138 valence electrons. The number of amides is 2. The molecule has 0 saturated carbocycles. The molecule has 1 saturated heterocycles. The first-order valence-electron chi connectivity index (χ1n) is 8.31. The van der Waals surface area contributed by atoms with Gasteiger partial charge in [0.1, 0.15) is 6.04 Å². The maximum atomic E-state index is 12.3. The lowest BCUT2D eigenvalue weighted by molar-refractivity contribution is -0.137. The van der Waals surface area contributed by atoms with Gasteiger partial charge >= 0.3 is 5.97 Å². The van der Waals surface area contributed by atoms with Crippen molar-refractivity contribution in [2.45, 2.75) is 12.5 Å². The lowest BCUT2D eigenvalue weighted by Gasteiger charge is -2.29. The molecule has 8 nitrogen and oxygen atoms in total. The van der Waals surface area contributed by atoms with Crippen LogP contribution in [0.25, 0.3) is 0 Å².